The van der Waals surface area contributed by atoms with Crippen LogP contribution in [0.2, 0.25) is 5.02 Å². The van der Waals surface area contributed by atoms with E-state index in [1.807, 2.05) is 44.2 Å². The van der Waals surface area contributed by atoms with Crippen molar-refractivity contribution < 1.29 is 23.9 Å². The lowest BCUT2D eigenvalue weighted by Gasteiger charge is -2.26. The van der Waals surface area contributed by atoms with Crippen LogP contribution < -0.4 is 19.7 Å². The van der Waals surface area contributed by atoms with Gasteiger partial charge in [0.15, 0.2) is 11.5 Å². The van der Waals surface area contributed by atoms with Crippen molar-refractivity contribution in [2.75, 3.05) is 11.5 Å². The molecular formula is C28H25ClN2O5. The lowest BCUT2D eigenvalue weighted by Crippen LogP contribution is -2.54. The summed E-state index contributed by atoms with van der Waals surface area (Å²) in [7, 11) is 0. The summed E-state index contributed by atoms with van der Waals surface area (Å²) in [6.45, 7) is 4.48. The molecular weight excluding hydrogens is 480 g/mol. The zero-order valence-corrected chi connectivity index (χ0v) is 20.7. The van der Waals surface area contributed by atoms with Crippen LogP contribution in [-0.2, 0) is 22.6 Å². The number of anilines is 1. The highest BCUT2D eigenvalue weighted by Crippen LogP contribution is 2.31. The minimum Gasteiger partial charge on any atom is -0.490 e. The van der Waals surface area contributed by atoms with Gasteiger partial charge < -0.3 is 9.47 Å². The van der Waals surface area contributed by atoms with Gasteiger partial charge >= 0.3 is 6.03 Å². The molecule has 0 atom stereocenters. The molecule has 8 heteroatoms. The number of carbonyl (C=O) groups is 3. The Morgan fingerprint density at radius 1 is 0.917 bits per heavy atom. The number of amides is 4. The lowest BCUT2D eigenvalue weighted by atomic mass is 10.1. The molecule has 3 aromatic rings. The predicted molar refractivity (Wildman–Crippen MR) is 138 cm³/mol. The van der Waals surface area contributed by atoms with Gasteiger partial charge in [-0.3, -0.25) is 14.9 Å². The summed E-state index contributed by atoms with van der Waals surface area (Å²) in [5.41, 5.74) is 2.65. The van der Waals surface area contributed by atoms with Crippen LogP contribution in [-0.4, -0.2) is 24.5 Å². The molecule has 4 amide bonds. The van der Waals surface area contributed by atoms with E-state index in [2.05, 4.69) is 5.32 Å². The van der Waals surface area contributed by atoms with E-state index in [4.69, 9.17) is 21.1 Å². The molecule has 1 N–H and O–H groups in total. The Morgan fingerprint density at radius 2 is 1.67 bits per heavy atom. The second kappa shape index (κ2) is 11.1. The number of hydrogen-bond acceptors (Lipinski definition) is 5. The van der Waals surface area contributed by atoms with Gasteiger partial charge in [0, 0.05) is 10.6 Å². The maximum Gasteiger partial charge on any atom is 0.335 e. The van der Waals surface area contributed by atoms with Crippen molar-refractivity contribution in [2.45, 2.75) is 26.9 Å². The smallest absolute Gasteiger partial charge is 0.335 e. The largest absolute Gasteiger partial charge is 0.490 e. The molecule has 3 aromatic carbocycles. The molecule has 7 nitrogen and oxygen atoms in total. The van der Waals surface area contributed by atoms with Crippen molar-refractivity contribution in [2.24, 2.45) is 0 Å². The van der Waals surface area contributed by atoms with E-state index in [0.29, 0.717) is 34.4 Å². The first kappa shape index (κ1) is 25.0. The summed E-state index contributed by atoms with van der Waals surface area (Å²) in [5.74, 6) is -0.523. The van der Waals surface area contributed by atoms with Gasteiger partial charge in [-0.05, 0) is 60.9 Å². The van der Waals surface area contributed by atoms with Crippen LogP contribution in [0, 0.1) is 0 Å². The standard InChI is InChI=1S/C28H25ClN2O5/c1-3-18-9-12-21(13-10-18)31-27(33)22(26(32)30-28(31)34)15-19-11-14-24(25(16-19)35-4-2)36-17-20-7-5-6-8-23(20)29/h5-16H,3-4,17H2,1-2H3,(H,30,32,34)/b22-15-. The van der Waals surface area contributed by atoms with E-state index < -0.39 is 17.8 Å². The third-order valence-corrected chi connectivity index (χ3v) is 5.99. The summed E-state index contributed by atoms with van der Waals surface area (Å²) >= 11 is 6.22. The van der Waals surface area contributed by atoms with Gasteiger partial charge in [0.25, 0.3) is 11.8 Å². The number of nitrogens with zero attached hydrogens (tertiary/aromatic N) is 1. The van der Waals surface area contributed by atoms with Crippen LogP contribution in [0.25, 0.3) is 6.08 Å². The number of ether oxygens (including phenoxy) is 2. The van der Waals surface area contributed by atoms with Crippen molar-refractivity contribution in [3.05, 3.63) is 94.0 Å². The molecule has 0 radical (unpaired) electrons. The second-order valence-electron chi connectivity index (χ2n) is 8.00. The first-order valence-electron chi connectivity index (χ1n) is 11.5. The number of halogens is 1. The number of aryl methyl sites for hydroxylation is 1. The number of rotatable bonds is 8. The number of benzene rings is 3. The number of barbiturate groups is 1. The van der Waals surface area contributed by atoms with E-state index in [1.165, 1.54) is 6.08 Å². The highest BCUT2D eigenvalue weighted by molar-refractivity contribution is 6.39. The number of urea groups is 1. The van der Waals surface area contributed by atoms with E-state index in [-0.39, 0.29) is 12.2 Å². The van der Waals surface area contributed by atoms with Gasteiger partial charge in [0.05, 0.1) is 12.3 Å². The van der Waals surface area contributed by atoms with Gasteiger partial charge in [-0.1, -0.05) is 54.9 Å². The molecule has 1 fully saturated rings. The average molecular weight is 505 g/mol. The molecule has 36 heavy (non-hydrogen) atoms. The Kier molecular flexibility index (Phi) is 7.71. The fourth-order valence-electron chi connectivity index (χ4n) is 3.71. The number of nitrogens with one attached hydrogen (secondary N) is 1. The van der Waals surface area contributed by atoms with Crippen molar-refractivity contribution >= 4 is 41.2 Å². The number of hydrogen-bond donors (Lipinski definition) is 1. The maximum absolute atomic E-state index is 13.2. The summed E-state index contributed by atoms with van der Waals surface area (Å²) in [5, 5.41) is 2.84. The first-order valence-corrected chi connectivity index (χ1v) is 11.9. The van der Waals surface area contributed by atoms with Crippen LogP contribution in [0.4, 0.5) is 10.5 Å². The summed E-state index contributed by atoms with van der Waals surface area (Å²) in [6.07, 6.45) is 2.25. The van der Waals surface area contributed by atoms with Crippen molar-refractivity contribution in [1.29, 1.82) is 0 Å². The average Bonchev–Trinajstić information content (AvgIpc) is 2.87. The Labute approximate surface area is 214 Å². The van der Waals surface area contributed by atoms with Gasteiger partial charge in [0.1, 0.15) is 12.2 Å². The molecule has 1 saturated heterocycles. The fraction of sp³-hybridized carbons (Fsp3) is 0.179. The predicted octanol–water partition coefficient (Wildman–Crippen LogP) is 5.55. The molecule has 184 valence electrons. The topological polar surface area (TPSA) is 84.9 Å². The van der Waals surface area contributed by atoms with Crippen molar-refractivity contribution in [1.82, 2.24) is 5.32 Å². The monoisotopic (exact) mass is 504 g/mol. The summed E-state index contributed by atoms with van der Waals surface area (Å²) in [4.78, 5) is 39.2. The minimum atomic E-state index is -0.787. The molecule has 0 bridgehead atoms. The molecule has 4 rings (SSSR count). The van der Waals surface area contributed by atoms with Gasteiger partial charge in [-0.2, -0.15) is 0 Å². The van der Waals surface area contributed by atoms with Gasteiger partial charge in [-0.25, -0.2) is 9.69 Å². The Balaban J connectivity index is 1.61. The zero-order chi connectivity index (χ0) is 25.7. The quantitative estimate of drug-likeness (QED) is 0.321. The van der Waals surface area contributed by atoms with Crippen molar-refractivity contribution in [3.8, 4) is 11.5 Å². The number of imide groups is 2. The highest BCUT2D eigenvalue weighted by atomic mass is 35.5. The maximum atomic E-state index is 13.2. The summed E-state index contributed by atoms with van der Waals surface area (Å²) < 4.78 is 11.7. The Bertz CT molecular complexity index is 1330. The Hall–Kier alpha value is -4.10. The lowest BCUT2D eigenvalue weighted by molar-refractivity contribution is -0.122. The minimum absolute atomic E-state index is 0.165. The molecule has 1 heterocycles. The Morgan fingerprint density at radius 3 is 2.36 bits per heavy atom. The summed E-state index contributed by atoms with van der Waals surface area (Å²) in [6, 6.07) is 18.7. The van der Waals surface area contributed by atoms with Crippen LogP contribution >= 0.6 is 11.6 Å². The van der Waals surface area contributed by atoms with E-state index in [9.17, 15) is 14.4 Å². The molecule has 0 unspecified atom stereocenters. The third kappa shape index (κ3) is 5.42. The molecule has 1 aliphatic heterocycles. The molecule has 0 saturated carbocycles. The SMILES string of the molecule is CCOc1cc(/C=C2/C(=O)NC(=O)N(c3ccc(CC)cc3)C2=O)ccc1OCc1ccccc1Cl. The first-order chi connectivity index (χ1) is 17.4. The zero-order valence-electron chi connectivity index (χ0n) is 19.9. The van der Waals surface area contributed by atoms with Crippen molar-refractivity contribution in [3.63, 3.8) is 0 Å². The fourth-order valence-corrected chi connectivity index (χ4v) is 3.90. The van der Waals surface area contributed by atoms with Gasteiger partial charge in [-0.15, -0.1) is 0 Å². The van der Waals surface area contributed by atoms with Gasteiger partial charge in [0.2, 0.25) is 0 Å². The normalized spacial score (nSPS) is 14.7. The second-order valence-corrected chi connectivity index (χ2v) is 8.40. The van der Waals surface area contributed by atoms with E-state index in [0.717, 1.165) is 22.4 Å². The molecule has 0 aliphatic carbocycles. The molecule has 1 aliphatic rings. The third-order valence-electron chi connectivity index (χ3n) is 5.62. The van der Waals surface area contributed by atoms with Crippen LogP contribution in [0.1, 0.15) is 30.5 Å². The van der Waals surface area contributed by atoms with Crippen LogP contribution in [0.15, 0.2) is 72.3 Å². The number of carbonyl (C=O) groups excluding carboxylic acids is 3. The molecule has 0 aromatic heterocycles. The van der Waals surface area contributed by atoms with Crippen LogP contribution in [0.5, 0.6) is 11.5 Å². The molecule has 0 spiro atoms. The highest BCUT2D eigenvalue weighted by Gasteiger charge is 2.36. The van der Waals surface area contributed by atoms with E-state index in [1.54, 1.807) is 36.4 Å². The van der Waals surface area contributed by atoms with Crippen LogP contribution in [0.3, 0.4) is 0 Å². The van der Waals surface area contributed by atoms with E-state index >= 15 is 0 Å².